The maximum Gasteiger partial charge on any atom is 0.0960 e. The lowest BCUT2D eigenvalue weighted by Gasteiger charge is -2.04. The minimum absolute atomic E-state index is 0.443. The van der Waals surface area contributed by atoms with Crippen LogP contribution in [0.2, 0.25) is 0 Å². The zero-order valence-corrected chi connectivity index (χ0v) is 12.2. The van der Waals surface area contributed by atoms with Gasteiger partial charge in [-0.3, -0.25) is 0 Å². The molecule has 0 aliphatic heterocycles. The van der Waals surface area contributed by atoms with Crippen molar-refractivity contribution in [2.45, 2.75) is 26.4 Å². The van der Waals surface area contributed by atoms with Crippen LogP contribution in [0.3, 0.4) is 0 Å². The summed E-state index contributed by atoms with van der Waals surface area (Å²) in [7, 11) is 0. The van der Waals surface area contributed by atoms with Gasteiger partial charge < -0.3 is 5.11 Å². The zero-order chi connectivity index (χ0) is 11.7. The number of hydrogen-bond acceptors (Lipinski definition) is 4. The van der Waals surface area contributed by atoms with Crippen molar-refractivity contribution in [2.75, 3.05) is 0 Å². The van der Waals surface area contributed by atoms with Crippen molar-refractivity contribution >= 4 is 38.6 Å². The number of nitrogens with zero attached hydrogens (tertiary/aromatic N) is 1. The van der Waals surface area contributed by atoms with Crippen LogP contribution in [0.15, 0.2) is 15.9 Å². The summed E-state index contributed by atoms with van der Waals surface area (Å²) in [5.74, 6) is 0. The second-order valence-electron chi connectivity index (χ2n) is 3.61. The molecule has 1 N–H and O–H groups in total. The monoisotopic (exact) mass is 317 g/mol. The third-order valence-corrected chi connectivity index (χ3v) is 5.18. The number of halogens is 1. The van der Waals surface area contributed by atoms with E-state index in [1.807, 2.05) is 19.1 Å². The van der Waals surface area contributed by atoms with Crippen LogP contribution < -0.4 is 0 Å². The lowest BCUT2D eigenvalue weighted by atomic mass is 10.2. The number of thiazole rings is 1. The molecule has 0 aliphatic rings. The van der Waals surface area contributed by atoms with E-state index in [9.17, 15) is 5.11 Å². The van der Waals surface area contributed by atoms with Crippen molar-refractivity contribution in [1.82, 2.24) is 4.98 Å². The van der Waals surface area contributed by atoms with Gasteiger partial charge in [-0.25, -0.2) is 4.98 Å². The molecule has 86 valence electrons. The second-order valence-corrected chi connectivity index (χ2v) is 7.39. The minimum atomic E-state index is -0.443. The molecule has 2 nitrogen and oxygen atoms in total. The number of aryl methyl sites for hydroxylation is 2. The Labute approximate surface area is 111 Å². The highest BCUT2D eigenvalue weighted by molar-refractivity contribution is 9.11. The third kappa shape index (κ3) is 2.71. The van der Waals surface area contributed by atoms with Crippen LogP contribution >= 0.6 is 38.6 Å². The summed E-state index contributed by atoms with van der Waals surface area (Å²) in [5, 5.41) is 11.1. The number of rotatable bonds is 3. The molecule has 0 spiro atoms. The predicted molar refractivity (Wildman–Crippen MR) is 72.3 cm³/mol. The number of aliphatic hydroxyl groups is 1. The van der Waals surface area contributed by atoms with Crippen LogP contribution in [-0.2, 0) is 6.42 Å². The summed E-state index contributed by atoms with van der Waals surface area (Å²) in [5.41, 5.74) is 1.07. The Bertz CT molecular complexity index is 472. The van der Waals surface area contributed by atoms with Crippen molar-refractivity contribution in [1.29, 1.82) is 0 Å². The average Bonchev–Trinajstić information content (AvgIpc) is 2.75. The van der Waals surface area contributed by atoms with Crippen LogP contribution in [0.4, 0.5) is 0 Å². The van der Waals surface area contributed by atoms with Crippen LogP contribution in [0.5, 0.6) is 0 Å². The number of aliphatic hydroxyl groups excluding tert-OH is 1. The molecule has 0 radical (unpaired) electrons. The molecule has 2 aromatic heterocycles. The van der Waals surface area contributed by atoms with Gasteiger partial charge in [-0.1, -0.05) is 0 Å². The normalized spacial score (nSPS) is 13.0. The summed E-state index contributed by atoms with van der Waals surface area (Å²) >= 11 is 6.63. The van der Waals surface area contributed by atoms with Crippen molar-refractivity contribution < 1.29 is 5.11 Å². The first-order valence-corrected chi connectivity index (χ1v) is 7.35. The van der Waals surface area contributed by atoms with Gasteiger partial charge in [0.05, 0.1) is 20.6 Å². The maximum absolute atomic E-state index is 10.0. The van der Waals surface area contributed by atoms with Crippen LogP contribution in [-0.4, -0.2) is 10.1 Å². The molecule has 0 saturated heterocycles. The Morgan fingerprint density at radius 3 is 2.62 bits per heavy atom. The van der Waals surface area contributed by atoms with E-state index in [0.29, 0.717) is 6.42 Å². The van der Waals surface area contributed by atoms with E-state index >= 15 is 0 Å². The zero-order valence-electron chi connectivity index (χ0n) is 9.03. The summed E-state index contributed by atoms with van der Waals surface area (Å²) in [6.45, 7) is 4.06. The summed E-state index contributed by atoms with van der Waals surface area (Å²) in [4.78, 5) is 6.65. The highest BCUT2D eigenvalue weighted by Crippen LogP contribution is 2.30. The fraction of sp³-hybridized carbons (Fsp3) is 0.364. The topological polar surface area (TPSA) is 33.1 Å². The van der Waals surface area contributed by atoms with Gasteiger partial charge in [-0.15, -0.1) is 22.7 Å². The highest BCUT2D eigenvalue weighted by atomic mass is 79.9. The summed E-state index contributed by atoms with van der Waals surface area (Å²) < 4.78 is 1.05. The Morgan fingerprint density at radius 1 is 1.38 bits per heavy atom. The quantitative estimate of drug-likeness (QED) is 0.932. The van der Waals surface area contributed by atoms with Gasteiger partial charge in [0.1, 0.15) is 0 Å². The smallest absolute Gasteiger partial charge is 0.0960 e. The van der Waals surface area contributed by atoms with E-state index in [-0.39, 0.29) is 0 Å². The van der Waals surface area contributed by atoms with E-state index in [4.69, 9.17) is 0 Å². The molecule has 16 heavy (non-hydrogen) atoms. The Balaban J connectivity index is 2.10. The van der Waals surface area contributed by atoms with Gasteiger partial charge in [-0.05, 0) is 41.9 Å². The lowest BCUT2D eigenvalue weighted by Crippen LogP contribution is -1.98. The standard InChI is InChI=1S/C11H12BrNOS2/c1-6-7(2)15-11(13-6)5-8(14)9-3-4-10(12)16-9/h3-4,8,14H,5H2,1-2H3. The van der Waals surface area contributed by atoms with Gasteiger partial charge in [0.25, 0.3) is 0 Å². The molecule has 0 saturated carbocycles. The molecule has 1 atom stereocenters. The number of hydrogen-bond donors (Lipinski definition) is 1. The molecule has 2 aromatic rings. The Hall–Kier alpha value is -0.230. The summed E-state index contributed by atoms with van der Waals surface area (Å²) in [6.07, 6.45) is 0.160. The molecule has 0 fully saturated rings. The molecule has 2 rings (SSSR count). The lowest BCUT2D eigenvalue weighted by molar-refractivity contribution is 0.182. The average molecular weight is 318 g/mol. The molecule has 1 unspecified atom stereocenters. The molecule has 0 aliphatic carbocycles. The first kappa shape index (κ1) is 12.2. The SMILES string of the molecule is Cc1nc(CC(O)c2ccc(Br)s2)sc1C. The van der Waals surface area contributed by atoms with Crippen LogP contribution in [0, 0.1) is 13.8 Å². The largest absolute Gasteiger partial charge is 0.387 e. The summed E-state index contributed by atoms with van der Waals surface area (Å²) in [6, 6.07) is 3.91. The van der Waals surface area contributed by atoms with Gasteiger partial charge in [0.15, 0.2) is 0 Å². The maximum atomic E-state index is 10.0. The first-order valence-electron chi connectivity index (χ1n) is 4.92. The first-order chi connectivity index (χ1) is 7.56. The van der Waals surface area contributed by atoms with E-state index in [1.54, 1.807) is 22.7 Å². The van der Waals surface area contributed by atoms with E-state index < -0.39 is 6.10 Å². The molecule has 0 aromatic carbocycles. The van der Waals surface area contributed by atoms with E-state index in [0.717, 1.165) is 19.4 Å². The Morgan fingerprint density at radius 2 is 2.12 bits per heavy atom. The third-order valence-electron chi connectivity index (χ3n) is 2.36. The molecule has 5 heteroatoms. The Kier molecular flexibility index (Phi) is 3.79. The number of thiophene rings is 1. The van der Waals surface area contributed by atoms with Crippen molar-refractivity contribution in [3.05, 3.63) is 36.4 Å². The molecular formula is C11H12BrNOS2. The fourth-order valence-electron chi connectivity index (χ4n) is 1.40. The van der Waals surface area contributed by atoms with Gasteiger partial charge in [0, 0.05) is 16.2 Å². The highest BCUT2D eigenvalue weighted by Gasteiger charge is 2.14. The molecule has 2 heterocycles. The number of aromatic nitrogens is 1. The van der Waals surface area contributed by atoms with Crippen LogP contribution in [0.25, 0.3) is 0 Å². The predicted octanol–water partition coefficient (Wildman–Crippen LogP) is 3.86. The van der Waals surface area contributed by atoms with Gasteiger partial charge in [-0.2, -0.15) is 0 Å². The second kappa shape index (κ2) is 4.96. The van der Waals surface area contributed by atoms with Crippen LogP contribution in [0.1, 0.15) is 26.6 Å². The molecule has 0 bridgehead atoms. The van der Waals surface area contributed by atoms with E-state index in [2.05, 4.69) is 27.8 Å². The van der Waals surface area contributed by atoms with Crippen molar-refractivity contribution in [2.24, 2.45) is 0 Å². The minimum Gasteiger partial charge on any atom is -0.387 e. The molecular weight excluding hydrogens is 306 g/mol. The van der Waals surface area contributed by atoms with Gasteiger partial charge >= 0.3 is 0 Å². The fourth-order valence-corrected chi connectivity index (χ4v) is 3.78. The molecule has 0 amide bonds. The van der Waals surface area contributed by atoms with E-state index in [1.165, 1.54) is 4.88 Å². The van der Waals surface area contributed by atoms with Gasteiger partial charge in [0.2, 0.25) is 0 Å². The van der Waals surface area contributed by atoms with Crippen molar-refractivity contribution in [3.63, 3.8) is 0 Å². The van der Waals surface area contributed by atoms with Crippen molar-refractivity contribution in [3.8, 4) is 0 Å².